The number of alkyl halides is 6. The molecule has 0 heterocycles. The van der Waals surface area contributed by atoms with Gasteiger partial charge in [0, 0.05) is 0 Å². The van der Waals surface area contributed by atoms with E-state index in [2.05, 4.69) is 0 Å². The minimum atomic E-state index is -5.56. The third kappa shape index (κ3) is 4.91. The molecule has 0 saturated carbocycles. The number of aliphatic hydroxyl groups is 1. The van der Waals surface area contributed by atoms with Crippen molar-refractivity contribution in [2.75, 3.05) is 0 Å². The molecule has 1 aromatic carbocycles. The first-order valence-electron chi connectivity index (χ1n) is 6.33. The average Bonchev–Trinajstić information content (AvgIpc) is 2.24. The number of hydrogen-bond donors (Lipinski definition) is 1. The molecule has 0 aromatic heterocycles. The van der Waals surface area contributed by atoms with E-state index in [9.17, 15) is 31.4 Å². The zero-order valence-corrected chi connectivity index (χ0v) is 11.5. The Balaban J connectivity index is 3.02. The Hall–Kier alpha value is -1.24. The molecule has 0 fully saturated rings. The predicted molar refractivity (Wildman–Crippen MR) is 65.5 cm³/mol. The van der Waals surface area contributed by atoms with Gasteiger partial charge in [-0.05, 0) is 23.5 Å². The topological polar surface area (TPSA) is 20.2 Å². The summed E-state index contributed by atoms with van der Waals surface area (Å²) < 4.78 is 75.1. The van der Waals surface area contributed by atoms with Gasteiger partial charge in [0.05, 0.1) is 6.10 Å². The van der Waals surface area contributed by atoms with E-state index >= 15 is 0 Å². The Morgan fingerprint density at radius 1 is 0.905 bits per heavy atom. The summed E-state index contributed by atoms with van der Waals surface area (Å²) >= 11 is 0. The molecular formula is C14H16F6O. The van der Waals surface area contributed by atoms with Gasteiger partial charge in [0.1, 0.15) is 0 Å². The monoisotopic (exact) mass is 314 g/mol. The van der Waals surface area contributed by atoms with Gasteiger partial charge in [-0.15, -0.1) is 0 Å². The fraction of sp³-hybridized carbons (Fsp3) is 0.571. The predicted octanol–water partition coefficient (Wildman–Crippen LogP) is 4.66. The van der Waals surface area contributed by atoms with E-state index in [0.29, 0.717) is 12.3 Å². The molecule has 0 amide bonds. The summed E-state index contributed by atoms with van der Waals surface area (Å²) in [5.41, 5.74) is 0.388. The van der Waals surface area contributed by atoms with Crippen LogP contribution in [0.3, 0.4) is 0 Å². The van der Waals surface area contributed by atoms with Gasteiger partial charge in [0.25, 0.3) is 0 Å². The van der Waals surface area contributed by atoms with Crippen LogP contribution in [-0.4, -0.2) is 17.5 Å². The van der Waals surface area contributed by atoms with Crippen molar-refractivity contribution in [3.05, 3.63) is 35.4 Å². The molecular weight excluding hydrogens is 298 g/mol. The van der Waals surface area contributed by atoms with E-state index in [4.69, 9.17) is 0 Å². The third-order valence-electron chi connectivity index (χ3n) is 2.99. The number of halogens is 6. The zero-order chi connectivity index (χ0) is 16.4. The Morgan fingerprint density at radius 2 is 1.33 bits per heavy atom. The van der Waals surface area contributed by atoms with E-state index in [1.165, 1.54) is 12.1 Å². The molecule has 1 unspecified atom stereocenters. The minimum absolute atomic E-state index is 0.305. The van der Waals surface area contributed by atoms with E-state index in [1.54, 1.807) is 0 Å². The maximum Gasteiger partial charge on any atom is 0.403 e. The van der Waals surface area contributed by atoms with Gasteiger partial charge in [0.15, 0.2) is 5.92 Å². The Labute approximate surface area is 118 Å². The van der Waals surface area contributed by atoms with E-state index in [1.807, 2.05) is 13.8 Å². The van der Waals surface area contributed by atoms with E-state index in [-0.39, 0.29) is 0 Å². The Morgan fingerprint density at radius 3 is 1.67 bits per heavy atom. The van der Waals surface area contributed by atoms with E-state index < -0.39 is 29.9 Å². The molecule has 7 heteroatoms. The van der Waals surface area contributed by atoms with Crippen LogP contribution >= 0.6 is 0 Å². The molecule has 1 N–H and O–H groups in total. The summed E-state index contributed by atoms with van der Waals surface area (Å²) in [6.07, 6.45) is -13.1. The summed E-state index contributed by atoms with van der Waals surface area (Å²) in [7, 11) is 0. The molecule has 1 aromatic rings. The first kappa shape index (κ1) is 17.8. The molecule has 120 valence electrons. The van der Waals surface area contributed by atoms with Crippen molar-refractivity contribution in [2.45, 2.75) is 38.7 Å². The van der Waals surface area contributed by atoms with Gasteiger partial charge in [-0.1, -0.05) is 38.1 Å². The molecule has 1 rings (SSSR count). The second-order valence-corrected chi connectivity index (χ2v) is 5.35. The van der Waals surface area contributed by atoms with Gasteiger partial charge < -0.3 is 5.11 Å². The minimum Gasteiger partial charge on any atom is -0.387 e. The van der Waals surface area contributed by atoms with Crippen LogP contribution in [0.1, 0.15) is 31.1 Å². The summed E-state index contributed by atoms with van der Waals surface area (Å²) in [6.45, 7) is 3.87. The number of benzene rings is 1. The lowest BCUT2D eigenvalue weighted by molar-refractivity contribution is -0.307. The normalized spacial score (nSPS) is 14.8. The van der Waals surface area contributed by atoms with Crippen LogP contribution in [0.5, 0.6) is 0 Å². The number of aliphatic hydroxyl groups excluding tert-OH is 1. The van der Waals surface area contributed by atoms with Crippen LogP contribution in [0.25, 0.3) is 0 Å². The molecule has 0 bridgehead atoms. The lowest BCUT2D eigenvalue weighted by Gasteiger charge is -2.27. The van der Waals surface area contributed by atoms with Crippen molar-refractivity contribution in [3.63, 3.8) is 0 Å². The van der Waals surface area contributed by atoms with Gasteiger partial charge in [-0.3, -0.25) is 0 Å². The first-order chi connectivity index (χ1) is 9.43. The molecule has 0 radical (unpaired) electrons. The van der Waals surface area contributed by atoms with Gasteiger partial charge >= 0.3 is 12.4 Å². The van der Waals surface area contributed by atoms with Crippen LogP contribution in [0.15, 0.2) is 24.3 Å². The summed E-state index contributed by atoms with van der Waals surface area (Å²) in [6, 6.07) is 5.07. The van der Waals surface area contributed by atoms with Crippen LogP contribution in [0.4, 0.5) is 26.3 Å². The fourth-order valence-electron chi connectivity index (χ4n) is 2.06. The lowest BCUT2D eigenvalue weighted by atomic mass is 9.93. The summed E-state index contributed by atoms with van der Waals surface area (Å²) in [5, 5.41) is 9.48. The van der Waals surface area contributed by atoms with Crippen LogP contribution < -0.4 is 0 Å². The van der Waals surface area contributed by atoms with Crippen molar-refractivity contribution < 1.29 is 31.4 Å². The highest BCUT2D eigenvalue weighted by Crippen LogP contribution is 2.46. The number of hydrogen-bond acceptors (Lipinski definition) is 1. The van der Waals surface area contributed by atoms with Crippen molar-refractivity contribution in [1.29, 1.82) is 0 Å². The SMILES string of the molecule is CC(C)Cc1ccc(C(O)C(C(F)(F)F)C(F)(F)F)cc1. The number of rotatable bonds is 4. The standard InChI is InChI=1S/C14H16F6O/c1-8(2)7-9-3-5-10(6-4-9)11(21)12(13(15,16)17)14(18,19)20/h3-6,8,11-12,21H,7H2,1-2H3. The van der Waals surface area contributed by atoms with Crippen molar-refractivity contribution in [1.82, 2.24) is 0 Å². The van der Waals surface area contributed by atoms with Gasteiger partial charge in [-0.25, -0.2) is 0 Å². The Kier molecular flexibility index (Phi) is 5.30. The molecule has 0 aliphatic carbocycles. The van der Waals surface area contributed by atoms with Gasteiger partial charge in [0.2, 0.25) is 0 Å². The lowest BCUT2D eigenvalue weighted by Crippen LogP contribution is -2.40. The van der Waals surface area contributed by atoms with Crippen LogP contribution in [-0.2, 0) is 6.42 Å². The van der Waals surface area contributed by atoms with Crippen LogP contribution in [0.2, 0.25) is 0 Å². The highest BCUT2D eigenvalue weighted by molar-refractivity contribution is 5.25. The zero-order valence-electron chi connectivity index (χ0n) is 11.5. The molecule has 0 aliphatic heterocycles. The molecule has 0 spiro atoms. The Bertz CT molecular complexity index is 432. The second kappa shape index (κ2) is 6.25. The smallest absolute Gasteiger partial charge is 0.387 e. The largest absolute Gasteiger partial charge is 0.403 e. The van der Waals surface area contributed by atoms with E-state index in [0.717, 1.165) is 17.7 Å². The van der Waals surface area contributed by atoms with Crippen LogP contribution in [0, 0.1) is 11.8 Å². The molecule has 21 heavy (non-hydrogen) atoms. The maximum atomic E-state index is 12.5. The van der Waals surface area contributed by atoms with Crippen molar-refractivity contribution in [2.24, 2.45) is 11.8 Å². The quantitative estimate of drug-likeness (QED) is 0.802. The van der Waals surface area contributed by atoms with Crippen molar-refractivity contribution in [3.8, 4) is 0 Å². The van der Waals surface area contributed by atoms with Crippen molar-refractivity contribution >= 4 is 0 Å². The third-order valence-corrected chi connectivity index (χ3v) is 2.99. The molecule has 1 nitrogen and oxygen atoms in total. The summed E-state index contributed by atoms with van der Waals surface area (Å²) in [4.78, 5) is 0. The molecule has 1 atom stereocenters. The molecule has 0 saturated heterocycles. The molecule has 0 aliphatic rings. The second-order valence-electron chi connectivity index (χ2n) is 5.35. The van der Waals surface area contributed by atoms with Gasteiger partial charge in [-0.2, -0.15) is 26.3 Å². The highest BCUT2D eigenvalue weighted by Gasteiger charge is 2.60. The summed E-state index contributed by atoms with van der Waals surface area (Å²) in [5.74, 6) is -3.49. The first-order valence-corrected chi connectivity index (χ1v) is 6.33. The highest BCUT2D eigenvalue weighted by atomic mass is 19.4. The average molecular weight is 314 g/mol. The maximum absolute atomic E-state index is 12.5. The fourth-order valence-corrected chi connectivity index (χ4v) is 2.06.